The van der Waals surface area contributed by atoms with Gasteiger partial charge in [-0.1, -0.05) is 89.8 Å². The Hall–Kier alpha value is -1.61. The minimum Gasteiger partial charge on any atom is -0.342 e. The number of hydrogen-bond acceptors (Lipinski definition) is 1. The van der Waals surface area contributed by atoms with Gasteiger partial charge >= 0.3 is 0 Å². The molecule has 0 N–H and O–H groups in total. The van der Waals surface area contributed by atoms with E-state index in [-0.39, 0.29) is 0 Å². The Balaban J connectivity index is 1.78. The first kappa shape index (κ1) is 23.7. The Morgan fingerprint density at radius 2 is 1.38 bits per heavy atom. The molecule has 0 amide bonds. The Morgan fingerprint density at radius 1 is 0.759 bits per heavy atom. The predicted octanol–water partition coefficient (Wildman–Crippen LogP) is 7.14. The lowest BCUT2D eigenvalue weighted by Crippen LogP contribution is -2.36. The number of rotatable bonds is 17. The lowest BCUT2D eigenvalue weighted by molar-refractivity contribution is -0.722. The lowest BCUT2D eigenvalue weighted by atomic mass is 10.1. The fraction of sp³-hybridized carbons (Fsp3) is 0.654. The summed E-state index contributed by atoms with van der Waals surface area (Å²) in [7, 11) is 0. The van der Waals surface area contributed by atoms with Crippen LogP contribution in [0.4, 0.5) is 0 Å². The summed E-state index contributed by atoms with van der Waals surface area (Å²) in [6.07, 6.45) is 20.3. The number of unbranched alkanes of at least 4 members (excludes halogenated alkanes) is 10. The third-order valence-electron chi connectivity index (χ3n) is 5.63. The van der Waals surface area contributed by atoms with E-state index < -0.39 is 0 Å². The number of aryl methyl sites for hydroxylation is 1. The second-order valence-electron chi connectivity index (χ2n) is 8.22. The Bertz CT molecular complexity index is 635. The second kappa shape index (κ2) is 15.3. The van der Waals surface area contributed by atoms with Crippen molar-refractivity contribution in [3.8, 4) is 11.4 Å². The fourth-order valence-electron chi connectivity index (χ4n) is 3.88. The molecule has 29 heavy (non-hydrogen) atoms. The molecule has 0 radical (unpaired) electrons. The van der Waals surface area contributed by atoms with Crippen molar-refractivity contribution in [2.24, 2.45) is 0 Å². The van der Waals surface area contributed by atoms with Crippen LogP contribution in [0.2, 0.25) is 0 Å². The summed E-state index contributed by atoms with van der Waals surface area (Å²) in [5, 5.41) is 0. The van der Waals surface area contributed by atoms with Crippen LogP contribution in [-0.2, 0) is 18.0 Å². The van der Waals surface area contributed by atoms with E-state index >= 15 is 0 Å². The molecule has 1 heterocycles. The van der Waals surface area contributed by atoms with E-state index in [1.165, 1.54) is 88.4 Å². The average molecular weight is 400 g/mol. The van der Waals surface area contributed by atoms with E-state index in [1.807, 2.05) is 0 Å². The summed E-state index contributed by atoms with van der Waals surface area (Å²) >= 11 is 0. The molecule has 3 heteroatoms. The van der Waals surface area contributed by atoms with Crippen molar-refractivity contribution in [2.45, 2.75) is 104 Å². The minimum atomic E-state index is 0.642. The molecule has 0 bridgehead atoms. The zero-order valence-corrected chi connectivity index (χ0v) is 19.0. The number of imidazole rings is 1. The smallest absolute Gasteiger partial charge is 0.290 e. The van der Waals surface area contributed by atoms with Crippen LogP contribution in [0.1, 0.15) is 90.9 Å². The molecule has 1 aromatic heterocycles. The molecule has 0 aliphatic carbocycles. The van der Waals surface area contributed by atoms with Crippen LogP contribution in [0, 0.1) is 0 Å². The minimum absolute atomic E-state index is 0.642. The van der Waals surface area contributed by atoms with Crippen LogP contribution in [0.15, 0.2) is 42.7 Å². The van der Waals surface area contributed by atoms with Gasteiger partial charge in [0.1, 0.15) is 12.4 Å². The Kier molecular flexibility index (Phi) is 12.5. The first-order chi connectivity index (χ1) is 14.4. The van der Waals surface area contributed by atoms with Crippen molar-refractivity contribution < 1.29 is 9.30 Å². The second-order valence-corrected chi connectivity index (χ2v) is 8.22. The molecule has 0 unspecified atom stereocenters. The summed E-state index contributed by atoms with van der Waals surface area (Å²) in [4.78, 5) is 0. The molecule has 0 saturated heterocycles. The van der Waals surface area contributed by atoms with E-state index in [0.717, 1.165) is 13.2 Å². The van der Waals surface area contributed by atoms with E-state index in [9.17, 15) is 0 Å². The molecule has 0 spiro atoms. The van der Waals surface area contributed by atoms with Gasteiger partial charge in [-0.25, -0.2) is 9.13 Å². The highest BCUT2D eigenvalue weighted by atomic mass is 16.5. The third kappa shape index (κ3) is 9.16. The molecule has 1 aromatic carbocycles. The van der Waals surface area contributed by atoms with Gasteiger partial charge in [-0.05, 0) is 31.4 Å². The number of ether oxygens (including phenoxy) is 1. The van der Waals surface area contributed by atoms with Crippen molar-refractivity contribution >= 4 is 0 Å². The van der Waals surface area contributed by atoms with Gasteiger partial charge in [0.05, 0.1) is 18.7 Å². The van der Waals surface area contributed by atoms with E-state index in [0.29, 0.717) is 6.73 Å². The molecule has 0 atom stereocenters. The molecule has 0 fully saturated rings. The first-order valence-electron chi connectivity index (χ1n) is 12.1. The fourth-order valence-corrected chi connectivity index (χ4v) is 3.88. The van der Waals surface area contributed by atoms with E-state index in [4.69, 9.17) is 4.74 Å². The van der Waals surface area contributed by atoms with Gasteiger partial charge in [-0.3, -0.25) is 0 Å². The van der Waals surface area contributed by atoms with Gasteiger partial charge in [0.2, 0.25) is 0 Å². The summed E-state index contributed by atoms with van der Waals surface area (Å²) in [6.45, 7) is 7.12. The molecular formula is C26H43N2O+. The van der Waals surface area contributed by atoms with Crippen LogP contribution in [0.3, 0.4) is 0 Å². The average Bonchev–Trinajstić information content (AvgIpc) is 3.16. The highest BCUT2D eigenvalue weighted by Gasteiger charge is 2.18. The standard InChI is InChI=1S/C26H43N2O/c1-3-5-7-9-10-11-12-17-23-29-24-28-22-21-27(20-16-8-6-4-2)26(28)25-18-14-13-15-19-25/h13-15,18-19,21-22H,3-12,16-17,20,23-24H2,1-2H3/q+1. The molecule has 162 valence electrons. The molecular weight excluding hydrogens is 356 g/mol. The maximum atomic E-state index is 6.03. The van der Waals surface area contributed by atoms with Crippen LogP contribution >= 0.6 is 0 Å². The maximum Gasteiger partial charge on any atom is 0.290 e. The van der Waals surface area contributed by atoms with Crippen molar-refractivity contribution in [3.63, 3.8) is 0 Å². The quantitative estimate of drug-likeness (QED) is 0.204. The van der Waals surface area contributed by atoms with Crippen LogP contribution < -0.4 is 4.57 Å². The van der Waals surface area contributed by atoms with E-state index in [2.05, 4.69) is 65.7 Å². The van der Waals surface area contributed by atoms with Crippen molar-refractivity contribution in [2.75, 3.05) is 6.61 Å². The molecule has 0 aliphatic rings. The van der Waals surface area contributed by atoms with Crippen LogP contribution in [-0.4, -0.2) is 11.2 Å². The van der Waals surface area contributed by atoms with Crippen LogP contribution in [0.5, 0.6) is 0 Å². The lowest BCUT2D eigenvalue weighted by Gasteiger charge is -2.07. The highest BCUT2D eigenvalue weighted by Crippen LogP contribution is 2.17. The topological polar surface area (TPSA) is 18.0 Å². The van der Waals surface area contributed by atoms with Gasteiger partial charge in [0.15, 0.2) is 6.73 Å². The number of aromatic nitrogens is 2. The number of nitrogens with zero attached hydrogens (tertiary/aromatic N) is 2. The van der Waals surface area contributed by atoms with Crippen LogP contribution in [0.25, 0.3) is 11.4 Å². The summed E-state index contributed by atoms with van der Waals surface area (Å²) in [5.74, 6) is 1.26. The number of hydrogen-bond donors (Lipinski definition) is 0. The molecule has 0 saturated carbocycles. The Morgan fingerprint density at radius 3 is 2.07 bits per heavy atom. The first-order valence-corrected chi connectivity index (χ1v) is 12.1. The Labute approximate surface area is 179 Å². The largest absolute Gasteiger partial charge is 0.342 e. The monoisotopic (exact) mass is 399 g/mol. The summed E-state index contributed by atoms with van der Waals surface area (Å²) in [5.41, 5.74) is 1.27. The maximum absolute atomic E-state index is 6.03. The van der Waals surface area contributed by atoms with Gasteiger partial charge in [0.25, 0.3) is 5.82 Å². The summed E-state index contributed by atoms with van der Waals surface area (Å²) < 4.78 is 10.7. The van der Waals surface area contributed by atoms with E-state index in [1.54, 1.807) is 0 Å². The van der Waals surface area contributed by atoms with Gasteiger partial charge in [-0.2, -0.15) is 0 Å². The van der Waals surface area contributed by atoms with Gasteiger partial charge in [0, 0.05) is 0 Å². The SMILES string of the molecule is CCCCCCCCCCOC[n+]1ccn(CCCCCC)c1-c1ccccc1. The predicted molar refractivity (Wildman–Crippen MR) is 123 cm³/mol. The van der Waals surface area contributed by atoms with Crippen molar-refractivity contribution in [3.05, 3.63) is 42.7 Å². The molecule has 0 aliphatic heterocycles. The molecule has 2 aromatic rings. The van der Waals surface area contributed by atoms with Crippen molar-refractivity contribution in [1.29, 1.82) is 0 Å². The highest BCUT2D eigenvalue weighted by molar-refractivity contribution is 5.52. The van der Waals surface area contributed by atoms with Gasteiger partial charge < -0.3 is 4.74 Å². The molecule has 2 rings (SSSR count). The zero-order chi connectivity index (χ0) is 20.6. The molecule has 3 nitrogen and oxygen atoms in total. The normalized spacial score (nSPS) is 11.2. The van der Waals surface area contributed by atoms with Crippen molar-refractivity contribution in [1.82, 2.24) is 4.57 Å². The van der Waals surface area contributed by atoms with Gasteiger partial charge in [-0.15, -0.1) is 0 Å². The summed E-state index contributed by atoms with van der Waals surface area (Å²) in [6, 6.07) is 10.7. The number of benzene rings is 1. The third-order valence-corrected chi connectivity index (χ3v) is 5.63. The zero-order valence-electron chi connectivity index (χ0n) is 19.0.